The molecule has 0 aromatic heterocycles. The van der Waals surface area contributed by atoms with Gasteiger partial charge in [-0.1, -0.05) is 90.2 Å². The number of hydrogen-bond acceptors (Lipinski definition) is 8. The summed E-state index contributed by atoms with van der Waals surface area (Å²) < 4.78 is 0. The number of aromatic hydroxyl groups is 1. The van der Waals surface area contributed by atoms with Gasteiger partial charge in [0.2, 0.25) is 35.4 Å². The summed E-state index contributed by atoms with van der Waals surface area (Å²) in [7, 11) is 1.58. The van der Waals surface area contributed by atoms with E-state index in [1.165, 1.54) is 17.0 Å². The summed E-state index contributed by atoms with van der Waals surface area (Å²) in [6, 6.07) is 1.77. The third-order valence-electron chi connectivity index (χ3n) is 13.8. The molecule has 1 saturated heterocycles. The van der Waals surface area contributed by atoms with Crippen molar-refractivity contribution in [1.82, 2.24) is 31.1 Å². The summed E-state index contributed by atoms with van der Waals surface area (Å²) in [5, 5.41) is 22.3. The smallest absolute Gasteiger partial charge is 0.245 e. The van der Waals surface area contributed by atoms with Gasteiger partial charge >= 0.3 is 0 Å². The summed E-state index contributed by atoms with van der Waals surface area (Å²) in [5.74, 6) is -2.88. The molecular weight excluding hydrogens is 775 g/mol. The largest absolute Gasteiger partial charge is 0.508 e. The van der Waals surface area contributed by atoms with E-state index in [9.17, 15) is 33.9 Å². The van der Waals surface area contributed by atoms with E-state index in [2.05, 4.69) is 26.2 Å². The van der Waals surface area contributed by atoms with Gasteiger partial charge in [0.05, 0.1) is 6.54 Å². The quantitative estimate of drug-likeness (QED) is 0.117. The third-order valence-corrected chi connectivity index (χ3v) is 13.8. The molecule has 14 nitrogen and oxygen atoms in total. The van der Waals surface area contributed by atoms with Crippen LogP contribution in [0.15, 0.2) is 24.3 Å². The van der Waals surface area contributed by atoms with E-state index >= 15 is 0 Å². The molecule has 4 fully saturated rings. The van der Waals surface area contributed by atoms with Gasteiger partial charge in [-0.25, -0.2) is 0 Å². The summed E-state index contributed by atoms with van der Waals surface area (Å²) >= 11 is 0. The Bertz CT molecular complexity index is 1600. The van der Waals surface area contributed by atoms with Gasteiger partial charge in [-0.15, -0.1) is 0 Å². The number of nitrogens with two attached hydrogens (primary N) is 1. The monoisotopic (exact) mass is 850 g/mol. The van der Waals surface area contributed by atoms with E-state index in [0.717, 1.165) is 116 Å². The van der Waals surface area contributed by atoms with Crippen molar-refractivity contribution in [2.75, 3.05) is 26.7 Å². The van der Waals surface area contributed by atoms with Crippen LogP contribution in [0.4, 0.5) is 0 Å². The van der Waals surface area contributed by atoms with Crippen LogP contribution < -0.4 is 27.0 Å². The zero-order valence-corrected chi connectivity index (χ0v) is 37.1. The number of phenolic OH excluding ortho intramolecular Hbond substituents is 1. The molecule has 0 spiro atoms. The van der Waals surface area contributed by atoms with Crippen LogP contribution in [0.2, 0.25) is 0 Å². The molecule has 1 aliphatic heterocycles. The van der Waals surface area contributed by atoms with Crippen molar-refractivity contribution in [3.05, 3.63) is 29.8 Å². The Morgan fingerprint density at radius 2 is 1.11 bits per heavy atom. The first kappa shape index (κ1) is 47.8. The summed E-state index contributed by atoms with van der Waals surface area (Å²) in [6.07, 6.45) is 16.8. The normalized spacial score (nSPS) is 21.0. The minimum absolute atomic E-state index is 0.0654. The number of likely N-dealkylation sites (tertiary alicyclic amines) is 1. The predicted molar refractivity (Wildman–Crippen MR) is 235 cm³/mol. The van der Waals surface area contributed by atoms with Gasteiger partial charge in [-0.2, -0.15) is 0 Å². The molecule has 1 heterocycles. The SMILES string of the molecule is CC(C)C[C@H](C(N)=O)N(C)C(=O)[C@H](NC(=O)[C@H](NC(=O)[C@@H](Cc1ccc(O)cc1)NC(=O)[C@H](NC(=O)CN1CCCCC1)C1CCCCC1)C1CCCCC1)C1CCCCC1. The average molecular weight is 850 g/mol. The molecule has 0 radical (unpaired) electrons. The van der Waals surface area contributed by atoms with Gasteiger partial charge in [0, 0.05) is 13.5 Å². The van der Waals surface area contributed by atoms with Crippen molar-refractivity contribution in [3.63, 3.8) is 0 Å². The van der Waals surface area contributed by atoms with E-state index in [1.54, 1.807) is 19.2 Å². The average Bonchev–Trinajstić information content (AvgIpc) is 3.26. The number of rotatable bonds is 19. The molecule has 1 aromatic rings. The minimum Gasteiger partial charge on any atom is -0.508 e. The number of hydrogen-bond donors (Lipinski definition) is 6. The first-order chi connectivity index (χ1) is 29.3. The van der Waals surface area contributed by atoms with Crippen LogP contribution in [0.3, 0.4) is 0 Å². The molecule has 0 bridgehead atoms. The van der Waals surface area contributed by atoms with E-state index in [4.69, 9.17) is 5.73 Å². The molecule has 1 aromatic carbocycles. The predicted octanol–water partition coefficient (Wildman–Crippen LogP) is 4.46. The molecule has 3 saturated carbocycles. The first-order valence-electron chi connectivity index (χ1n) is 23.6. The zero-order chi connectivity index (χ0) is 43.9. The highest BCUT2D eigenvalue weighted by molar-refractivity contribution is 5.96. The topological polar surface area (TPSA) is 203 Å². The van der Waals surface area contributed by atoms with Gasteiger partial charge < -0.3 is 37.0 Å². The summed E-state index contributed by atoms with van der Waals surface area (Å²) in [6.45, 7) is 5.83. The second-order valence-electron chi connectivity index (χ2n) is 19.0. The number of piperidine rings is 1. The maximum absolute atomic E-state index is 14.7. The van der Waals surface area contributed by atoms with Crippen LogP contribution in [-0.4, -0.2) is 107 Å². The zero-order valence-electron chi connectivity index (χ0n) is 37.1. The molecule has 14 heteroatoms. The number of primary amides is 1. The highest BCUT2D eigenvalue weighted by Gasteiger charge is 2.41. The number of carbonyl (C=O) groups is 6. The Labute approximate surface area is 363 Å². The molecular formula is C47H75N7O7. The second-order valence-corrected chi connectivity index (χ2v) is 19.0. The number of nitrogens with zero attached hydrogens (tertiary/aromatic N) is 2. The summed E-state index contributed by atoms with van der Waals surface area (Å²) in [5.41, 5.74) is 6.51. The van der Waals surface area contributed by atoms with Crippen molar-refractivity contribution >= 4 is 35.4 Å². The maximum atomic E-state index is 14.7. The van der Waals surface area contributed by atoms with E-state index in [0.29, 0.717) is 24.8 Å². The number of nitrogens with one attached hydrogen (secondary N) is 4. The Kier molecular flexibility index (Phi) is 18.7. The Morgan fingerprint density at radius 3 is 1.62 bits per heavy atom. The number of carbonyl (C=O) groups excluding carboxylic acids is 6. The maximum Gasteiger partial charge on any atom is 0.245 e. The Balaban J connectivity index is 1.40. The fourth-order valence-electron chi connectivity index (χ4n) is 10.2. The molecule has 6 amide bonds. The summed E-state index contributed by atoms with van der Waals surface area (Å²) in [4.78, 5) is 87.9. The van der Waals surface area contributed by atoms with Gasteiger partial charge in [-0.3, -0.25) is 33.7 Å². The van der Waals surface area contributed by atoms with Gasteiger partial charge in [0.1, 0.15) is 36.0 Å². The lowest BCUT2D eigenvalue weighted by Crippen LogP contribution is -2.62. The number of likely N-dealkylation sites (N-methyl/N-ethyl adjacent to an activating group) is 1. The second kappa shape index (κ2) is 23.9. The van der Waals surface area contributed by atoms with Crippen molar-refractivity contribution in [3.8, 4) is 5.75 Å². The number of phenols is 1. The van der Waals surface area contributed by atoms with Crippen LogP contribution in [0.25, 0.3) is 0 Å². The van der Waals surface area contributed by atoms with E-state index in [1.807, 2.05) is 13.8 Å². The van der Waals surface area contributed by atoms with Gasteiger partial charge in [-0.05, 0) is 112 Å². The van der Waals surface area contributed by atoms with Crippen LogP contribution in [-0.2, 0) is 35.2 Å². The lowest BCUT2D eigenvalue weighted by molar-refractivity contribution is -0.144. The van der Waals surface area contributed by atoms with Crippen LogP contribution in [0.5, 0.6) is 5.75 Å². The van der Waals surface area contributed by atoms with Gasteiger partial charge in [0.25, 0.3) is 0 Å². The van der Waals surface area contributed by atoms with Crippen LogP contribution in [0, 0.1) is 23.7 Å². The minimum atomic E-state index is -1.12. The molecule has 61 heavy (non-hydrogen) atoms. The van der Waals surface area contributed by atoms with Gasteiger partial charge in [0.15, 0.2) is 0 Å². The van der Waals surface area contributed by atoms with Crippen LogP contribution in [0.1, 0.15) is 141 Å². The fraction of sp³-hybridized carbons (Fsp3) is 0.745. The molecule has 7 N–H and O–H groups in total. The molecule has 3 aliphatic carbocycles. The molecule has 5 rings (SSSR count). The molecule has 0 unspecified atom stereocenters. The lowest BCUT2D eigenvalue weighted by atomic mass is 9.81. The molecule has 340 valence electrons. The molecule has 4 aliphatic rings. The fourth-order valence-corrected chi connectivity index (χ4v) is 10.2. The van der Waals surface area contributed by atoms with E-state index < -0.39 is 53.8 Å². The van der Waals surface area contributed by atoms with Crippen LogP contribution >= 0.6 is 0 Å². The Morgan fingerprint density at radius 1 is 0.656 bits per heavy atom. The van der Waals surface area contributed by atoms with Crippen molar-refractivity contribution < 1.29 is 33.9 Å². The lowest BCUT2D eigenvalue weighted by Gasteiger charge is -2.37. The molecule has 5 atom stereocenters. The van der Waals surface area contributed by atoms with Crippen molar-refractivity contribution in [2.24, 2.45) is 29.4 Å². The highest BCUT2D eigenvalue weighted by Crippen LogP contribution is 2.31. The first-order valence-corrected chi connectivity index (χ1v) is 23.6. The van der Waals surface area contributed by atoms with Crippen molar-refractivity contribution in [2.45, 2.75) is 172 Å². The third kappa shape index (κ3) is 14.4. The standard InChI is InChI=1S/C47H75N7O7/c1-31(2)28-38(43(48)57)53(3)47(61)42(35-20-12-6-13-21-35)52-46(60)41(34-18-10-5-11-19-34)51-44(58)37(29-32-22-24-36(55)25-23-32)49-45(59)40(33-16-8-4-9-17-33)50-39(56)30-54-26-14-7-15-27-54/h22-25,31,33-35,37-38,40-42,55H,4-21,26-30H2,1-3H3,(H2,48,57)(H,49,59)(H,50,56)(H,51,58)(H,52,60)/t37-,38-,40-,41-,42-/m1/s1. The number of amides is 6. The highest BCUT2D eigenvalue weighted by atomic mass is 16.3. The number of benzene rings is 1. The van der Waals surface area contributed by atoms with Crippen molar-refractivity contribution in [1.29, 1.82) is 0 Å². The van der Waals surface area contributed by atoms with E-state index in [-0.39, 0.29) is 54.2 Å². The Hall–Kier alpha value is -4.20.